The van der Waals surface area contributed by atoms with E-state index < -0.39 is 0 Å². The number of nitrogens with zero attached hydrogens (tertiary/aromatic N) is 3. The highest BCUT2D eigenvalue weighted by atomic mass is 14.8. The maximum atomic E-state index is 10.3. The number of aromatic nitrogens is 2. The first-order chi connectivity index (χ1) is 28.7. The van der Waals surface area contributed by atoms with Gasteiger partial charge >= 0.3 is 0 Å². The van der Waals surface area contributed by atoms with Crippen LogP contribution in [0.5, 0.6) is 0 Å². The van der Waals surface area contributed by atoms with E-state index in [1.54, 1.807) is 0 Å². The summed E-state index contributed by atoms with van der Waals surface area (Å²) in [5.74, 6) is 0. The Balaban J connectivity index is 0.982. The van der Waals surface area contributed by atoms with Crippen molar-refractivity contribution in [3.05, 3.63) is 206 Å². The third kappa shape index (κ3) is 5.67. The Morgan fingerprint density at radius 3 is 1.40 bits per heavy atom. The van der Waals surface area contributed by atoms with Crippen molar-refractivity contribution in [1.82, 2.24) is 9.97 Å². The lowest BCUT2D eigenvalue weighted by atomic mass is 9.88. The molecule has 3 nitrogen and oxygen atoms in total. The van der Waals surface area contributed by atoms with Gasteiger partial charge in [-0.05, 0) is 102 Å². The zero-order valence-electron chi connectivity index (χ0n) is 31.4. The van der Waals surface area contributed by atoms with Crippen LogP contribution >= 0.6 is 0 Å². The Morgan fingerprint density at radius 1 is 0.310 bits per heavy atom. The monoisotopic (exact) mass is 735 g/mol. The number of rotatable bonds is 5. The van der Waals surface area contributed by atoms with Crippen molar-refractivity contribution in [2.24, 2.45) is 0 Å². The number of pyridine rings is 2. The van der Waals surface area contributed by atoms with E-state index in [1.165, 1.54) is 21.5 Å². The van der Waals surface area contributed by atoms with Gasteiger partial charge in [0.25, 0.3) is 0 Å². The molecule has 0 spiro atoms. The van der Waals surface area contributed by atoms with Crippen molar-refractivity contribution in [1.29, 1.82) is 5.26 Å². The molecule has 11 aromatic rings. The van der Waals surface area contributed by atoms with Crippen LogP contribution in [0.1, 0.15) is 5.56 Å². The Labute approximate surface area is 335 Å². The van der Waals surface area contributed by atoms with Gasteiger partial charge in [0.1, 0.15) is 0 Å². The van der Waals surface area contributed by atoms with E-state index in [2.05, 4.69) is 176 Å². The molecule has 0 N–H and O–H groups in total. The lowest BCUT2D eigenvalue weighted by Crippen LogP contribution is -1.91. The van der Waals surface area contributed by atoms with Crippen molar-refractivity contribution in [3.8, 4) is 62.0 Å². The summed E-state index contributed by atoms with van der Waals surface area (Å²) in [6.07, 6.45) is 0. The summed E-state index contributed by atoms with van der Waals surface area (Å²) in [6, 6.07) is 72.8. The third-order valence-electron chi connectivity index (χ3n) is 11.5. The maximum Gasteiger partial charge on any atom is 0.0992 e. The molecule has 0 aliphatic rings. The number of nitriles is 1. The Kier molecular flexibility index (Phi) is 7.88. The van der Waals surface area contributed by atoms with E-state index in [0.717, 1.165) is 88.5 Å². The molecule has 0 aliphatic carbocycles. The first-order valence-corrected chi connectivity index (χ1v) is 19.5. The predicted octanol–water partition coefficient (Wildman–Crippen LogP) is 14.4. The average molecular weight is 736 g/mol. The van der Waals surface area contributed by atoms with Gasteiger partial charge in [0.2, 0.25) is 0 Å². The molecule has 268 valence electrons. The zero-order chi connectivity index (χ0) is 38.6. The summed E-state index contributed by atoms with van der Waals surface area (Å²) < 4.78 is 0. The van der Waals surface area contributed by atoms with Crippen molar-refractivity contribution in [3.63, 3.8) is 0 Å². The first-order valence-electron chi connectivity index (χ1n) is 19.5. The molecule has 11 rings (SSSR count). The Morgan fingerprint density at radius 2 is 0.776 bits per heavy atom. The topological polar surface area (TPSA) is 49.6 Å². The van der Waals surface area contributed by atoms with Gasteiger partial charge in [0, 0.05) is 21.9 Å². The second-order valence-corrected chi connectivity index (χ2v) is 14.9. The molecule has 0 saturated heterocycles. The Hall–Kier alpha value is -7.93. The molecular formula is C55H33N3. The molecule has 58 heavy (non-hydrogen) atoms. The summed E-state index contributed by atoms with van der Waals surface area (Å²) in [7, 11) is 0. The van der Waals surface area contributed by atoms with Crippen molar-refractivity contribution in [2.45, 2.75) is 0 Å². The van der Waals surface area contributed by atoms with Gasteiger partial charge in [-0.2, -0.15) is 5.26 Å². The van der Waals surface area contributed by atoms with Crippen LogP contribution in [-0.2, 0) is 0 Å². The van der Waals surface area contributed by atoms with Gasteiger partial charge in [0.05, 0.1) is 34.1 Å². The van der Waals surface area contributed by atoms with Gasteiger partial charge in [-0.15, -0.1) is 0 Å². The van der Waals surface area contributed by atoms with E-state index in [1.807, 2.05) is 30.3 Å². The smallest absolute Gasteiger partial charge is 0.0992 e. The minimum atomic E-state index is 0.635. The Bertz CT molecular complexity index is 3450. The summed E-state index contributed by atoms with van der Waals surface area (Å²) in [4.78, 5) is 10.3. The predicted molar refractivity (Wildman–Crippen MR) is 241 cm³/mol. The SMILES string of the molecule is N#Cc1cc(-c2ccc(-c3ccc(-c4ccc5ccc6ccc(-c7ccccc7)nc6c5n4)cc3)c3ccccc23)cc(-c2cc3ccccc3c3ccccc23)c1. The highest BCUT2D eigenvalue weighted by Crippen LogP contribution is 2.41. The number of benzene rings is 9. The summed E-state index contributed by atoms with van der Waals surface area (Å²) in [5, 5.41) is 19.5. The normalized spacial score (nSPS) is 11.4. The molecule has 0 bridgehead atoms. The number of hydrogen-bond donors (Lipinski definition) is 0. The molecule has 2 aromatic heterocycles. The lowest BCUT2D eigenvalue weighted by molar-refractivity contribution is 1.36. The van der Waals surface area contributed by atoms with Crippen LogP contribution in [0.25, 0.3) is 110 Å². The van der Waals surface area contributed by atoms with Crippen LogP contribution < -0.4 is 0 Å². The van der Waals surface area contributed by atoms with Crippen LogP contribution in [-0.4, -0.2) is 9.97 Å². The van der Waals surface area contributed by atoms with Crippen LogP contribution in [0.15, 0.2) is 200 Å². The molecule has 0 radical (unpaired) electrons. The highest BCUT2D eigenvalue weighted by Gasteiger charge is 2.15. The fourth-order valence-electron chi connectivity index (χ4n) is 8.62. The quantitative estimate of drug-likeness (QED) is 0.165. The fraction of sp³-hybridized carbons (Fsp3) is 0. The van der Waals surface area contributed by atoms with Gasteiger partial charge < -0.3 is 0 Å². The second kappa shape index (κ2) is 13.7. The molecule has 2 heterocycles. The van der Waals surface area contributed by atoms with Crippen molar-refractivity contribution >= 4 is 54.1 Å². The van der Waals surface area contributed by atoms with Crippen LogP contribution in [0.4, 0.5) is 0 Å². The fourth-order valence-corrected chi connectivity index (χ4v) is 8.62. The summed E-state index contributed by atoms with van der Waals surface area (Å²) >= 11 is 0. The minimum Gasteiger partial charge on any atom is -0.245 e. The van der Waals surface area contributed by atoms with Gasteiger partial charge in [-0.3, -0.25) is 0 Å². The van der Waals surface area contributed by atoms with E-state index in [0.29, 0.717) is 5.56 Å². The van der Waals surface area contributed by atoms with Crippen molar-refractivity contribution < 1.29 is 0 Å². The molecule has 9 aromatic carbocycles. The zero-order valence-corrected chi connectivity index (χ0v) is 31.4. The minimum absolute atomic E-state index is 0.635. The molecule has 0 amide bonds. The molecule has 0 unspecified atom stereocenters. The van der Waals surface area contributed by atoms with Gasteiger partial charge in [0.15, 0.2) is 0 Å². The standard InChI is InChI=1S/C55H33N3/c56-34-35-30-42(32-43(31-35)51-33-41-12-4-5-13-44(41)47-14-8-9-17-50(47)51)46-27-26-45(48-15-6-7-16-49(46)48)36-18-20-38(21-19-36)53-29-25-40-23-22-39-24-28-52(37-10-2-1-3-11-37)57-54(39)55(40)58-53/h1-33H. The van der Waals surface area contributed by atoms with Crippen molar-refractivity contribution in [2.75, 3.05) is 0 Å². The maximum absolute atomic E-state index is 10.3. The molecule has 0 fully saturated rings. The molecule has 3 heteroatoms. The molecular weight excluding hydrogens is 703 g/mol. The molecule has 0 atom stereocenters. The van der Waals surface area contributed by atoms with Crippen LogP contribution in [0, 0.1) is 11.3 Å². The summed E-state index contributed by atoms with van der Waals surface area (Å²) in [6.45, 7) is 0. The number of fused-ring (bicyclic) bond motifs is 7. The first kappa shape index (κ1) is 33.4. The van der Waals surface area contributed by atoms with Crippen LogP contribution in [0.3, 0.4) is 0 Å². The van der Waals surface area contributed by atoms with E-state index >= 15 is 0 Å². The summed E-state index contributed by atoms with van der Waals surface area (Å²) in [5.41, 5.74) is 13.0. The van der Waals surface area contributed by atoms with Crippen LogP contribution in [0.2, 0.25) is 0 Å². The van der Waals surface area contributed by atoms with E-state index in [4.69, 9.17) is 9.97 Å². The largest absolute Gasteiger partial charge is 0.245 e. The average Bonchev–Trinajstić information content (AvgIpc) is 3.30. The van der Waals surface area contributed by atoms with Gasteiger partial charge in [-0.1, -0.05) is 164 Å². The highest BCUT2D eigenvalue weighted by molar-refractivity contribution is 6.14. The molecule has 0 aliphatic heterocycles. The number of hydrogen-bond acceptors (Lipinski definition) is 3. The second-order valence-electron chi connectivity index (χ2n) is 14.9. The van der Waals surface area contributed by atoms with E-state index in [9.17, 15) is 5.26 Å². The van der Waals surface area contributed by atoms with Gasteiger partial charge in [-0.25, -0.2) is 9.97 Å². The third-order valence-corrected chi connectivity index (χ3v) is 11.5. The molecule has 0 saturated carbocycles. The lowest BCUT2D eigenvalue weighted by Gasteiger charge is -2.15. The van der Waals surface area contributed by atoms with E-state index in [-0.39, 0.29) is 0 Å².